The molecule has 44 heavy (non-hydrogen) atoms. The van der Waals surface area contributed by atoms with Crippen molar-refractivity contribution < 1.29 is 19.1 Å². The number of alkyl halides is 2. The lowest BCUT2D eigenvalue weighted by Gasteiger charge is -2.13. The lowest BCUT2D eigenvalue weighted by Crippen LogP contribution is -2.08. The molecule has 0 aromatic heterocycles. The second-order valence-corrected chi connectivity index (χ2v) is 12.5. The van der Waals surface area contributed by atoms with Gasteiger partial charge in [0, 0.05) is 44.0 Å². The van der Waals surface area contributed by atoms with Gasteiger partial charge in [-0.15, -0.1) is 0 Å². The Balaban J connectivity index is 1.63. The molecule has 3 aromatic carbocycles. The summed E-state index contributed by atoms with van der Waals surface area (Å²) in [4.78, 5) is 27.0. The van der Waals surface area contributed by atoms with E-state index in [1.54, 1.807) is 24.3 Å². The van der Waals surface area contributed by atoms with E-state index >= 15 is 0 Å². The molecule has 0 unspecified atom stereocenters. The number of halogens is 2. The van der Waals surface area contributed by atoms with Crippen molar-refractivity contribution in [3.63, 3.8) is 0 Å². The quantitative estimate of drug-likeness (QED) is 0.0587. The summed E-state index contributed by atoms with van der Waals surface area (Å²) in [6, 6.07) is 18.1. The molecule has 0 aliphatic heterocycles. The van der Waals surface area contributed by atoms with Crippen LogP contribution >= 0.6 is 31.9 Å². The minimum Gasteiger partial charge on any atom is -0.493 e. The normalized spacial score (nSPS) is 11.0. The van der Waals surface area contributed by atoms with Crippen molar-refractivity contribution in [2.45, 2.75) is 102 Å². The summed E-state index contributed by atoms with van der Waals surface area (Å²) < 4.78 is 12.1. The number of rotatable bonds is 22. The van der Waals surface area contributed by atoms with Crippen molar-refractivity contribution in [2.24, 2.45) is 0 Å². The Kier molecular flexibility index (Phi) is 16.8. The van der Waals surface area contributed by atoms with E-state index in [-0.39, 0.29) is 11.6 Å². The molecule has 0 aliphatic rings. The molecule has 0 N–H and O–H groups in total. The van der Waals surface area contributed by atoms with E-state index < -0.39 is 0 Å². The number of hydrogen-bond acceptors (Lipinski definition) is 4. The molecule has 3 rings (SSSR count). The molecule has 0 heterocycles. The molecule has 0 saturated heterocycles. The number of carbonyl (C=O) groups excluding carboxylic acids is 2. The van der Waals surface area contributed by atoms with Gasteiger partial charge >= 0.3 is 0 Å². The molecule has 4 nitrogen and oxygen atoms in total. The lowest BCUT2D eigenvalue weighted by molar-refractivity contribution is 0.103. The fraction of sp³-hybridized carbons (Fsp3) is 0.474. The molecular formula is C38H48Br2O4. The number of ether oxygens (including phenoxy) is 2. The monoisotopic (exact) mass is 726 g/mol. The maximum absolute atomic E-state index is 13.5. The third-order valence-corrected chi connectivity index (χ3v) is 9.04. The highest BCUT2D eigenvalue weighted by atomic mass is 79.9. The van der Waals surface area contributed by atoms with Crippen molar-refractivity contribution in [1.29, 1.82) is 0 Å². The lowest BCUT2D eigenvalue weighted by atomic mass is 9.96. The van der Waals surface area contributed by atoms with Crippen LogP contribution in [0.1, 0.15) is 134 Å². The average Bonchev–Trinajstić information content (AvgIpc) is 3.06. The standard InChI is InChI=1S/C38H48Br2O4/c1-3-5-7-9-11-13-22-43-35-20-18-31(25-33(35)27-39)37(41)29-16-15-17-30(24-29)38(42)32-19-21-36(34(26-32)28-40)44-23-14-12-10-8-6-4-2/h15-21,24-26H,3-14,22-23,27-28H2,1-2H3. The number of hydrogen-bond donors (Lipinski definition) is 0. The minimum atomic E-state index is -0.121. The van der Waals surface area contributed by atoms with Gasteiger partial charge in [0.25, 0.3) is 0 Å². The van der Waals surface area contributed by atoms with Gasteiger partial charge in [-0.05, 0) is 55.3 Å². The first-order valence-electron chi connectivity index (χ1n) is 16.3. The van der Waals surface area contributed by atoms with Crippen LogP contribution in [0.2, 0.25) is 0 Å². The smallest absolute Gasteiger partial charge is 0.193 e. The van der Waals surface area contributed by atoms with Crippen LogP contribution in [0.5, 0.6) is 11.5 Å². The van der Waals surface area contributed by atoms with Crippen LogP contribution in [0, 0.1) is 0 Å². The second-order valence-electron chi connectivity index (χ2n) is 11.4. The SMILES string of the molecule is CCCCCCCCOc1ccc(C(=O)c2cccc(C(=O)c3ccc(OCCCCCCCC)c(CBr)c3)c2)cc1CBr. The van der Waals surface area contributed by atoms with Crippen LogP contribution in [-0.2, 0) is 10.7 Å². The molecule has 0 aliphatic carbocycles. The fourth-order valence-electron chi connectivity index (χ4n) is 5.20. The summed E-state index contributed by atoms with van der Waals surface area (Å²) in [5, 5.41) is 1.18. The van der Waals surface area contributed by atoms with Crippen molar-refractivity contribution in [1.82, 2.24) is 0 Å². The van der Waals surface area contributed by atoms with Crippen molar-refractivity contribution in [3.05, 3.63) is 94.0 Å². The predicted molar refractivity (Wildman–Crippen MR) is 189 cm³/mol. The van der Waals surface area contributed by atoms with Crippen molar-refractivity contribution in [2.75, 3.05) is 13.2 Å². The average molecular weight is 729 g/mol. The number of carbonyl (C=O) groups is 2. The van der Waals surface area contributed by atoms with Crippen molar-refractivity contribution >= 4 is 43.4 Å². The Hall–Kier alpha value is -2.44. The minimum absolute atomic E-state index is 0.121. The van der Waals surface area contributed by atoms with Crippen LogP contribution in [0.25, 0.3) is 0 Å². The maximum Gasteiger partial charge on any atom is 0.193 e. The van der Waals surface area contributed by atoms with E-state index in [0.717, 1.165) is 35.5 Å². The summed E-state index contributed by atoms with van der Waals surface area (Å²) in [5.74, 6) is 1.36. The van der Waals surface area contributed by atoms with E-state index in [4.69, 9.17) is 9.47 Å². The van der Waals surface area contributed by atoms with Gasteiger partial charge in [0.1, 0.15) is 11.5 Å². The van der Waals surface area contributed by atoms with Crippen LogP contribution in [0.15, 0.2) is 60.7 Å². The molecule has 0 atom stereocenters. The van der Waals surface area contributed by atoms with Crippen LogP contribution in [-0.4, -0.2) is 24.8 Å². The topological polar surface area (TPSA) is 52.6 Å². The highest BCUT2D eigenvalue weighted by molar-refractivity contribution is 9.08. The van der Waals surface area contributed by atoms with Gasteiger partial charge in [0.05, 0.1) is 13.2 Å². The van der Waals surface area contributed by atoms with E-state index in [1.165, 1.54) is 64.2 Å². The predicted octanol–water partition coefficient (Wildman–Crippen LogP) is 11.4. The highest BCUT2D eigenvalue weighted by Crippen LogP contribution is 2.27. The van der Waals surface area contributed by atoms with Gasteiger partial charge in [0.15, 0.2) is 11.6 Å². The van der Waals surface area contributed by atoms with Gasteiger partial charge < -0.3 is 9.47 Å². The van der Waals surface area contributed by atoms with Gasteiger partial charge in [-0.1, -0.05) is 128 Å². The first-order valence-corrected chi connectivity index (χ1v) is 18.6. The summed E-state index contributed by atoms with van der Waals surface area (Å²) in [6.07, 6.45) is 14.5. The maximum atomic E-state index is 13.5. The summed E-state index contributed by atoms with van der Waals surface area (Å²) in [6.45, 7) is 5.80. The molecule has 0 radical (unpaired) electrons. The van der Waals surface area contributed by atoms with Crippen molar-refractivity contribution in [3.8, 4) is 11.5 Å². The van der Waals surface area contributed by atoms with E-state index in [0.29, 0.717) is 46.1 Å². The summed E-state index contributed by atoms with van der Waals surface area (Å²) in [7, 11) is 0. The van der Waals surface area contributed by atoms with Gasteiger partial charge in [-0.25, -0.2) is 0 Å². The molecule has 0 spiro atoms. The molecule has 3 aromatic rings. The van der Waals surface area contributed by atoms with E-state index in [2.05, 4.69) is 45.7 Å². The number of ketones is 2. The van der Waals surface area contributed by atoms with Gasteiger partial charge in [-0.2, -0.15) is 0 Å². The van der Waals surface area contributed by atoms with E-state index in [9.17, 15) is 9.59 Å². The zero-order chi connectivity index (χ0) is 31.6. The Morgan fingerprint density at radius 2 is 0.909 bits per heavy atom. The molecule has 6 heteroatoms. The third-order valence-electron chi connectivity index (χ3n) is 7.83. The van der Waals surface area contributed by atoms with E-state index in [1.807, 2.05) is 36.4 Å². The summed E-state index contributed by atoms with van der Waals surface area (Å²) in [5.41, 5.74) is 3.99. The zero-order valence-corrected chi connectivity index (χ0v) is 29.6. The molecule has 0 saturated carbocycles. The molecule has 0 bridgehead atoms. The Morgan fingerprint density at radius 3 is 1.32 bits per heavy atom. The molecule has 0 fully saturated rings. The van der Waals surface area contributed by atoms with Gasteiger partial charge in [-0.3, -0.25) is 9.59 Å². The fourth-order valence-corrected chi connectivity index (χ4v) is 6.07. The molecule has 0 amide bonds. The van der Waals surface area contributed by atoms with Crippen LogP contribution in [0.3, 0.4) is 0 Å². The summed E-state index contributed by atoms with van der Waals surface area (Å²) >= 11 is 7.11. The van der Waals surface area contributed by atoms with Crippen LogP contribution in [0.4, 0.5) is 0 Å². The van der Waals surface area contributed by atoms with Gasteiger partial charge in [0.2, 0.25) is 0 Å². The first-order chi connectivity index (χ1) is 21.5. The Labute approximate surface area is 281 Å². The molecular weight excluding hydrogens is 680 g/mol. The highest BCUT2D eigenvalue weighted by Gasteiger charge is 2.17. The number of benzene rings is 3. The second kappa shape index (κ2) is 20.6. The first kappa shape index (κ1) is 36.0. The van der Waals surface area contributed by atoms with Crippen LogP contribution < -0.4 is 9.47 Å². The largest absolute Gasteiger partial charge is 0.493 e. The zero-order valence-electron chi connectivity index (χ0n) is 26.5. The number of unbranched alkanes of at least 4 members (excludes halogenated alkanes) is 10. The Bertz CT molecular complexity index is 1220. The third kappa shape index (κ3) is 11.5. The Morgan fingerprint density at radius 1 is 0.523 bits per heavy atom. The molecule has 238 valence electrons.